The summed E-state index contributed by atoms with van der Waals surface area (Å²) in [5, 5.41) is -0.483. The van der Waals surface area contributed by atoms with Gasteiger partial charge < -0.3 is 4.74 Å². The fourth-order valence-corrected chi connectivity index (χ4v) is 1.04. The highest BCUT2D eigenvalue weighted by atomic mass is 32.1. The minimum Gasteiger partial charge on any atom is -0.460 e. The van der Waals surface area contributed by atoms with E-state index in [9.17, 15) is 9.59 Å². The van der Waals surface area contributed by atoms with Gasteiger partial charge in [-0.3, -0.25) is 9.59 Å². The van der Waals surface area contributed by atoms with Crippen molar-refractivity contribution >= 4 is 23.7 Å². The summed E-state index contributed by atoms with van der Waals surface area (Å²) in [5.74, 6) is -0.547. The standard InChI is InChI=1S/C10H10O3S/c11-9(6-10(12)14)13-7-8-4-2-1-3-5-8/h1-5H,6-7H2,(H,12,14). The topological polar surface area (TPSA) is 43.4 Å². The van der Waals surface area contributed by atoms with E-state index in [0.717, 1.165) is 5.56 Å². The minimum absolute atomic E-state index is 0.195. The van der Waals surface area contributed by atoms with E-state index in [4.69, 9.17) is 4.74 Å². The van der Waals surface area contributed by atoms with Crippen LogP contribution < -0.4 is 0 Å². The molecule has 0 unspecified atom stereocenters. The lowest BCUT2D eigenvalue weighted by Gasteiger charge is -2.02. The lowest BCUT2D eigenvalue weighted by Crippen LogP contribution is -2.07. The van der Waals surface area contributed by atoms with Gasteiger partial charge in [-0.05, 0) is 5.56 Å². The van der Waals surface area contributed by atoms with Crippen molar-refractivity contribution in [3.63, 3.8) is 0 Å². The van der Waals surface area contributed by atoms with Crippen molar-refractivity contribution in [3.8, 4) is 0 Å². The lowest BCUT2D eigenvalue weighted by atomic mass is 10.2. The van der Waals surface area contributed by atoms with Gasteiger partial charge in [0, 0.05) is 0 Å². The molecule has 14 heavy (non-hydrogen) atoms. The van der Waals surface area contributed by atoms with Gasteiger partial charge >= 0.3 is 5.97 Å². The lowest BCUT2D eigenvalue weighted by molar-refractivity contribution is -0.146. The molecule has 0 aliphatic carbocycles. The molecule has 0 aliphatic heterocycles. The molecule has 0 saturated heterocycles. The summed E-state index contributed by atoms with van der Waals surface area (Å²) in [5.41, 5.74) is 0.896. The highest BCUT2D eigenvalue weighted by Gasteiger charge is 2.06. The average molecular weight is 210 g/mol. The Balaban J connectivity index is 2.34. The van der Waals surface area contributed by atoms with Crippen LogP contribution in [0.3, 0.4) is 0 Å². The minimum atomic E-state index is -0.547. The molecule has 0 saturated carbocycles. The third-order valence-electron chi connectivity index (χ3n) is 1.54. The zero-order valence-electron chi connectivity index (χ0n) is 7.47. The van der Waals surface area contributed by atoms with E-state index in [0.29, 0.717) is 0 Å². The molecule has 1 aromatic carbocycles. The fraction of sp³-hybridized carbons (Fsp3) is 0.200. The van der Waals surface area contributed by atoms with Crippen molar-refractivity contribution in [3.05, 3.63) is 35.9 Å². The van der Waals surface area contributed by atoms with Crippen LogP contribution in [0.4, 0.5) is 0 Å². The molecular weight excluding hydrogens is 200 g/mol. The SMILES string of the molecule is O=C(S)CC(=O)OCc1ccccc1. The predicted octanol–water partition coefficient (Wildman–Crippen LogP) is 1.58. The van der Waals surface area contributed by atoms with Crippen LogP contribution in [0.25, 0.3) is 0 Å². The quantitative estimate of drug-likeness (QED) is 0.466. The van der Waals surface area contributed by atoms with E-state index >= 15 is 0 Å². The van der Waals surface area contributed by atoms with Gasteiger partial charge in [-0.15, -0.1) is 12.6 Å². The first kappa shape index (κ1) is 10.8. The molecule has 0 fully saturated rings. The Kier molecular flexibility index (Phi) is 4.19. The average Bonchev–Trinajstić information content (AvgIpc) is 2.15. The largest absolute Gasteiger partial charge is 0.460 e. The monoisotopic (exact) mass is 210 g/mol. The number of esters is 1. The van der Waals surface area contributed by atoms with E-state index in [1.54, 1.807) is 0 Å². The number of carbonyl (C=O) groups excluding carboxylic acids is 2. The molecule has 0 atom stereocenters. The molecule has 1 aromatic rings. The Morgan fingerprint density at radius 1 is 1.21 bits per heavy atom. The Labute approximate surface area is 87.5 Å². The summed E-state index contributed by atoms with van der Waals surface area (Å²) in [7, 11) is 0. The Bertz CT molecular complexity index is 321. The van der Waals surface area contributed by atoms with Crippen LogP contribution in [-0.2, 0) is 20.9 Å². The third kappa shape index (κ3) is 4.09. The second kappa shape index (κ2) is 5.44. The van der Waals surface area contributed by atoms with Crippen LogP contribution in [0, 0.1) is 0 Å². The van der Waals surface area contributed by atoms with Crippen molar-refractivity contribution in [2.75, 3.05) is 0 Å². The Morgan fingerprint density at radius 2 is 1.86 bits per heavy atom. The van der Waals surface area contributed by atoms with Gasteiger partial charge in [0.25, 0.3) is 0 Å². The third-order valence-corrected chi connectivity index (χ3v) is 1.70. The van der Waals surface area contributed by atoms with Crippen molar-refractivity contribution in [1.29, 1.82) is 0 Å². The summed E-state index contributed by atoms with van der Waals surface area (Å²) >= 11 is 3.48. The first-order valence-corrected chi connectivity index (χ1v) is 4.54. The molecule has 1 rings (SSSR count). The van der Waals surface area contributed by atoms with E-state index in [1.165, 1.54) is 0 Å². The van der Waals surface area contributed by atoms with Gasteiger partial charge in [0.1, 0.15) is 13.0 Å². The summed E-state index contributed by atoms with van der Waals surface area (Å²) in [6.45, 7) is 0.195. The van der Waals surface area contributed by atoms with Crippen LogP contribution in [0.1, 0.15) is 12.0 Å². The van der Waals surface area contributed by atoms with Crippen LogP contribution in [-0.4, -0.2) is 11.1 Å². The van der Waals surface area contributed by atoms with Crippen LogP contribution in [0.15, 0.2) is 30.3 Å². The number of thiol groups is 1. The van der Waals surface area contributed by atoms with Gasteiger partial charge in [0.15, 0.2) is 5.12 Å². The fourth-order valence-electron chi connectivity index (χ4n) is 0.913. The number of rotatable bonds is 4. The zero-order chi connectivity index (χ0) is 10.4. The second-order valence-electron chi connectivity index (χ2n) is 2.72. The zero-order valence-corrected chi connectivity index (χ0v) is 8.37. The number of hydrogen-bond donors (Lipinski definition) is 1. The maximum absolute atomic E-state index is 10.9. The highest BCUT2D eigenvalue weighted by molar-refractivity contribution is 7.96. The van der Waals surface area contributed by atoms with Crippen LogP contribution in [0.2, 0.25) is 0 Å². The molecular formula is C10H10O3S. The number of hydrogen-bond acceptors (Lipinski definition) is 3. The van der Waals surface area contributed by atoms with Gasteiger partial charge in [0.2, 0.25) is 0 Å². The summed E-state index contributed by atoms with van der Waals surface area (Å²) in [4.78, 5) is 21.4. The number of ether oxygens (including phenoxy) is 1. The molecule has 0 N–H and O–H groups in total. The number of carbonyl (C=O) groups is 2. The normalized spacial score (nSPS) is 9.50. The molecule has 0 spiro atoms. The Hall–Kier alpha value is -1.29. The summed E-state index contributed by atoms with van der Waals surface area (Å²) in [6.07, 6.45) is -0.282. The van der Waals surface area contributed by atoms with E-state index in [1.807, 2.05) is 30.3 Å². The number of benzene rings is 1. The molecule has 4 heteroatoms. The summed E-state index contributed by atoms with van der Waals surface area (Å²) < 4.78 is 4.83. The molecule has 74 valence electrons. The molecule has 0 radical (unpaired) electrons. The van der Waals surface area contributed by atoms with Crippen molar-refractivity contribution in [2.45, 2.75) is 13.0 Å². The highest BCUT2D eigenvalue weighted by Crippen LogP contribution is 2.02. The van der Waals surface area contributed by atoms with Crippen LogP contribution in [0.5, 0.6) is 0 Å². The first-order chi connectivity index (χ1) is 6.68. The smallest absolute Gasteiger partial charge is 0.314 e. The van der Waals surface area contributed by atoms with Gasteiger partial charge in [0.05, 0.1) is 0 Å². The molecule has 0 aromatic heterocycles. The molecule has 0 bridgehead atoms. The first-order valence-electron chi connectivity index (χ1n) is 4.10. The van der Waals surface area contributed by atoms with Crippen molar-refractivity contribution in [1.82, 2.24) is 0 Å². The van der Waals surface area contributed by atoms with Gasteiger partial charge in [-0.25, -0.2) is 0 Å². The summed E-state index contributed by atoms with van der Waals surface area (Å²) in [6, 6.07) is 9.27. The van der Waals surface area contributed by atoms with Crippen molar-refractivity contribution < 1.29 is 14.3 Å². The molecule has 3 nitrogen and oxygen atoms in total. The molecule has 0 amide bonds. The van der Waals surface area contributed by atoms with Gasteiger partial charge in [-0.1, -0.05) is 30.3 Å². The molecule has 0 heterocycles. The van der Waals surface area contributed by atoms with E-state index in [2.05, 4.69) is 12.6 Å². The van der Waals surface area contributed by atoms with E-state index in [-0.39, 0.29) is 13.0 Å². The second-order valence-corrected chi connectivity index (χ2v) is 3.22. The van der Waals surface area contributed by atoms with Crippen LogP contribution >= 0.6 is 12.6 Å². The van der Waals surface area contributed by atoms with E-state index < -0.39 is 11.1 Å². The van der Waals surface area contributed by atoms with Crippen molar-refractivity contribution in [2.24, 2.45) is 0 Å². The predicted molar refractivity (Wildman–Crippen MR) is 54.8 cm³/mol. The Morgan fingerprint density at radius 3 is 2.43 bits per heavy atom. The molecule has 0 aliphatic rings. The van der Waals surface area contributed by atoms with Gasteiger partial charge in [-0.2, -0.15) is 0 Å². The maximum Gasteiger partial charge on any atom is 0.314 e. The maximum atomic E-state index is 10.9.